The molecule has 2 atom stereocenters. The zero-order chi connectivity index (χ0) is 32.8. The first kappa shape index (κ1) is 34.2. The van der Waals surface area contributed by atoms with E-state index in [-0.39, 0.29) is 35.9 Å². The summed E-state index contributed by atoms with van der Waals surface area (Å²) in [4.78, 5) is 25.4. The predicted octanol–water partition coefficient (Wildman–Crippen LogP) is 7.15. The largest absolute Gasteiger partial charge is 0.406 e. The van der Waals surface area contributed by atoms with Crippen LogP contribution >= 0.6 is 35.8 Å². The van der Waals surface area contributed by atoms with Crippen molar-refractivity contribution in [1.29, 1.82) is 0 Å². The Bertz CT molecular complexity index is 1900. The highest BCUT2D eigenvalue weighted by Gasteiger charge is 2.47. The molecule has 2 saturated heterocycles. The topological polar surface area (TPSA) is 120 Å². The maximum absolute atomic E-state index is 13.3. The molecule has 1 aromatic carbocycles. The zero-order valence-corrected chi connectivity index (χ0v) is 28.1. The molecule has 0 amide bonds. The van der Waals surface area contributed by atoms with Crippen molar-refractivity contribution in [1.82, 2.24) is 29.5 Å². The second kappa shape index (κ2) is 13.7. The number of ether oxygens (including phenoxy) is 1. The van der Waals surface area contributed by atoms with Crippen LogP contribution in [0, 0.1) is 5.41 Å². The molecule has 48 heavy (non-hydrogen) atoms. The molecule has 0 saturated carbocycles. The van der Waals surface area contributed by atoms with Crippen molar-refractivity contribution in [2.75, 3.05) is 29.9 Å². The third-order valence-corrected chi connectivity index (χ3v) is 10.4. The molecule has 7 rings (SSSR count). The number of alkyl halides is 3. The van der Waals surface area contributed by atoms with E-state index in [0.717, 1.165) is 31.7 Å². The molecule has 0 bridgehead atoms. The van der Waals surface area contributed by atoms with Gasteiger partial charge in [-0.1, -0.05) is 41.6 Å². The first-order valence-electron chi connectivity index (χ1n) is 15.1. The summed E-state index contributed by atoms with van der Waals surface area (Å²) in [5, 5.41) is 4.70. The molecule has 252 valence electrons. The lowest BCUT2D eigenvalue weighted by molar-refractivity contribution is -0.139. The minimum atomic E-state index is -4.37. The number of anilines is 3. The maximum Gasteiger partial charge on any atom is 0.406 e. The number of para-hydroxylation sites is 1. The fourth-order valence-electron chi connectivity index (χ4n) is 6.33. The molecule has 0 aliphatic carbocycles. The van der Waals surface area contributed by atoms with E-state index in [1.807, 2.05) is 6.92 Å². The second-order valence-electron chi connectivity index (χ2n) is 11.9. The van der Waals surface area contributed by atoms with Crippen molar-refractivity contribution in [3.8, 4) is 11.3 Å². The van der Waals surface area contributed by atoms with Crippen molar-refractivity contribution in [2.45, 2.75) is 54.6 Å². The van der Waals surface area contributed by atoms with E-state index in [4.69, 9.17) is 22.1 Å². The van der Waals surface area contributed by atoms with Crippen LogP contribution in [0.1, 0.15) is 19.8 Å². The average molecular weight is 719 g/mol. The number of fused-ring (bicyclic) bond motifs is 1. The highest BCUT2D eigenvalue weighted by Crippen LogP contribution is 2.42. The van der Waals surface area contributed by atoms with E-state index < -0.39 is 12.7 Å². The summed E-state index contributed by atoms with van der Waals surface area (Å²) in [6.45, 7) is 3.33. The Kier molecular flexibility index (Phi) is 9.73. The molecule has 1 spiro atoms. The Labute approximate surface area is 290 Å². The monoisotopic (exact) mass is 717 g/mol. The third-order valence-electron chi connectivity index (χ3n) is 8.91. The van der Waals surface area contributed by atoms with Crippen molar-refractivity contribution in [2.24, 2.45) is 11.1 Å². The molecule has 6 heterocycles. The second-order valence-corrected chi connectivity index (χ2v) is 13.3. The number of aromatic nitrogens is 6. The zero-order valence-electron chi connectivity index (χ0n) is 25.7. The van der Waals surface area contributed by atoms with E-state index in [1.54, 1.807) is 55.0 Å². The number of nitrogens with two attached hydrogens (primary N) is 1. The summed E-state index contributed by atoms with van der Waals surface area (Å²) in [7, 11) is 0. The minimum Gasteiger partial charge on any atom is -0.376 e. The average Bonchev–Trinajstić information content (AvgIpc) is 3.55. The van der Waals surface area contributed by atoms with Gasteiger partial charge in [0.05, 0.1) is 35.8 Å². The van der Waals surface area contributed by atoms with E-state index in [1.165, 1.54) is 28.7 Å². The molecule has 0 radical (unpaired) electrons. The summed E-state index contributed by atoms with van der Waals surface area (Å²) in [6, 6.07) is 10.4. The van der Waals surface area contributed by atoms with Gasteiger partial charge in [0.2, 0.25) is 5.95 Å². The lowest BCUT2D eigenvalue weighted by Gasteiger charge is -2.41. The highest BCUT2D eigenvalue weighted by molar-refractivity contribution is 7.99. The van der Waals surface area contributed by atoms with Crippen molar-refractivity contribution >= 4 is 64.3 Å². The van der Waals surface area contributed by atoms with Gasteiger partial charge in [-0.2, -0.15) is 13.2 Å². The van der Waals surface area contributed by atoms with Crippen molar-refractivity contribution in [3.05, 3.63) is 72.4 Å². The molecular formula is C32H32Cl2F3N9OS. The number of hydrogen-bond acceptors (Lipinski definition) is 10. The summed E-state index contributed by atoms with van der Waals surface area (Å²) < 4.78 is 46.8. The van der Waals surface area contributed by atoms with Crippen molar-refractivity contribution < 1.29 is 17.9 Å². The first-order valence-corrected chi connectivity index (χ1v) is 16.3. The standard InChI is InChI=1S/C32H31ClF3N9OS.ClH/c1-19-28(37)31(18-46-19)8-12-44(13-9-31)25-14-41-26(15-40-25)47-24-7-11-38-29(27(24)33)43-30-39-10-6-22(42-30)21-16-45(17-32(34,35)36)23-5-3-2-4-20(21)23;/h2-7,10-11,14-16,19,28H,8-9,12-13,17-18,37H2,1H3,(H,38,39,42,43);1H/t19-,28+;/m0./s1. The highest BCUT2D eigenvalue weighted by atomic mass is 35.5. The Hall–Kier alpha value is -3.69. The van der Waals surface area contributed by atoms with Crippen LogP contribution in [0.3, 0.4) is 0 Å². The minimum absolute atomic E-state index is 0. The van der Waals surface area contributed by atoms with Gasteiger partial charge in [-0.3, -0.25) is 0 Å². The molecule has 2 fully saturated rings. The lowest BCUT2D eigenvalue weighted by Crippen LogP contribution is -2.50. The smallest absolute Gasteiger partial charge is 0.376 e. The molecule has 5 aromatic rings. The number of rotatable bonds is 7. The van der Waals surface area contributed by atoms with E-state index >= 15 is 0 Å². The van der Waals surface area contributed by atoms with Gasteiger partial charge < -0.3 is 25.3 Å². The van der Waals surface area contributed by atoms with Crippen molar-refractivity contribution in [3.63, 3.8) is 0 Å². The Balaban J connectivity index is 0.00000401. The maximum atomic E-state index is 13.3. The van der Waals surface area contributed by atoms with Crippen LogP contribution in [-0.4, -0.2) is 67.5 Å². The lowest BCUT2D eigenvalue weighted by atomic mass is 9.73. The van der Waals surface area contributed by atoms with Gasteiger partial charge in [0.1, 0.15) is 17.4 Å². The van der Waals surface area contributed by atoms with Crippen LogP contribution in [-0.2, 0) is 11.3 Å². The van der Waals surface area contributed by atoms with Gasteiger partial charge in [-0.15, -0.1) is 12.4 Å². The number of piperidine rings is 1. The molecule has 2 aliphatic rings. The van der Waals surface area contributed by atoms with E-state index in [2.05, 4.69) is 35.1 Å². The summed E-state index contributed by atoms with van der Waals surface area (Å²) in [6.07, 6.45) is 5.71. The van der Waals surface area contributed by atoms with Crippen LogP contribution in [0.5, 0.6) is 0 Å². The molecule has 0 unspecified atom stereocenters. The fourth-order valence-corrected chi connectivity index (χ4v) is 7.36. The normalized spacial score (nSPS) is 19.1. The van der Waals surface area contributed by atoms with Gasteiger partial charge in [-0.25, -0.2) is 24.9 Å². The fraction of sp³-hybridized carbons (Fsp3) is 0.344. The number of nitrogens with zero attached hydrogens (tertiary/aromatic N) is 7. The number of halogens is 5. The van der Waals surface area contributed by atoms with Crippen LogP contribution in [0.15, 0.2) is 77.3 Å². The Morgan fingerprint density at radius 1 is 1.06 bits per heavy atom. The first-order chi connectivity index (χ1) is 22.6. The Morgan fingerprint density at radius 2 is 1.83 bits per heavy atom. The number of hydrogen-bond donors (Lipinski definition) is 2. The SMILES string of the molecule is C[C@@H]1OCC2(CCN(c3cnc(Sc4ccnc(Nc5nccc(-c6cn(CC(F)(F)F)c7ccccc67)n5)c4Cl)cn3)CC2)[C@@H]1N.Cl. The van der Waals surface area contributed by atoms with E-state index in [9.17, 15) is 13.2 Å². The molecular weight excluding hydrogens is 686 g/mol. The molecule has 4 aromatic heterocycles. The van der Waals surface area contributed by atoms with Crippen LogP contribution < -0.4 is 16.0 Å². The van der Waals surface area contributed by atoms with Crippen LogP contribution in [0.2, 0.25) is 5.02 Å². The van der Waals surface area contributed by atoms with E-state index in [0.29, 0.717) is 49.5 Å². The summed E-state index contributed by atoms with van der Waals surface area (Å²) in [5.41, 5.74) is 7.96. The number of pyridine rings is 1. The van der Waals surface area contributed by atoms with Crippen LogP contribution in [0.4, 0.5) is 30.8 Å². The van der Waals surface area contributed by atoms with Crippen LogP contribution in [0.25, 0.3) is 22.2 Å². The van der Waals surface area contributed by atoms with Gasteiger partial charge in [-0.05, 0) is 38.0 Å². The van der Waals surface area contributed by atoms with Gasteiger partial charge in [0, 0.05) is 64.5 Å². The van der Waals surface area contributed by atoms with Gasteiger partial charge >= 0.3 is 6.18 Å². The number of nitrogens with one attached hydrogen (secondary N) is 1. The summed E-state index contributed by atoms with van der Waals surface area (Å²) >= 11 is 8.10. The summed E-state index contributed by atoms with van der Waals surface area (Å²) in [5.74, 6) is 1.33. The predicted molar refractivity (Wildman–Crippen MR) is 182 cm³/mol. The molecule has 10 nitrogen and oxygen atoms in total. The quantitative estimate of drug-likeness (QED) is 0.180. The van der Waals surface area contributed by atoms with Gasteiger partial charge in [0.15, 0.2) is 5.82 Å². The third kappa shape index (κ3) is 6.90. The molecule has 16 heteroatoms. The van der Waals surface area contributed by atoms with Gasteiger partial charge in [0.25, 0.3) is 0 Å². The molecule has 3 N–H and O–H groups in total. The number of benzene rings is 1. The molecule has 2 aliphatic heterocycles. The Morgan fingerprint density at radius 3 is 2.54 bits per heavy atom.